The fraction of sp³-hybridized carbons (Fsp3) is 0.433. The average molecular weight is 590 g/mol. The topological polar surface area (TPSA) is 157 Å². The molecule has 1 heterocycles. The van der Waals surface area contributed by atoms with Crippen LogP contribution in [0.3, 0.4) is 0 Å². The summed E-state index contributed by atoms with van der Waals surface area (Å²) < 4.78 is 39.9. The van der Waals surface area contributed by atoms with E-state index in [9.17, 15) is 27.9 Å². The van der Waals surface area contributed by atoms with Gasteiger partial charge in [0.2, 0.25) is 5.91 Å². The first kappa shape index (κ1) is 33.1. The summed E-state index contributed by atoms with van der Waals surface area (Å²) in [6.07, 6.45) is -3.92. The highest BCUT2D eigenvalue weighted by atomic mass is 19.4. The van der Waals surface area contributed by atoms with Gasteiger partial charge in [0.15, 0.2) is 5.78 Å². The van der Waals surface area contributed by atoms with E-state index in [4.69, 9.17) is 17.2 Å². The van der Waals surface area contributed by atoms with Gasteiger partial charge in [0.1, 0.15) is 12.1 Å². The second kappa shape index (κ2) is 14.7. The number of fused-ring (bicyclic) bond motifs is 1. The Morgan fingerprint density at radius 1 is 1.02 bits per heavy atom. The van der Waals surface area contributed by atoms with Crippen LogP contribution in [0.15, 0.2) is 60.8 Å². The SMILES string of the molecule is C[N+](CCN)(CCN)CCC[C@H](N)C(=O)N[C@@H](C(=O)Cc1cnc2ccccc2c1)[C@@H](O)c1ccc(C(F)(F)F)cc1. The van der Waals surface area contributed by atoms with Gasteiger partial charge in [-0.05, 0) is 48.2 Å². The number of Topliss-reactive ketones (excluding diaryl/α,β-unsaturated/α-hetero) is 1. The zero-order chi connectivity index (χ0) is 30.9. The van der Waals surface area contributed by atoms with Crippen LogP contribution in [0.1, 0.15) is 35.6 Å². The number of nitrogens with zero attached hydrogens (tertiary/aromatic N) is 2. The highest BCUT2D eigenvalue weighted by Gasteiger charge is 2.33. The van der Waals surface area contributed by atoms with Crippen LogP contribution >= 0.6 is 0 Å². The van der Waals surface area contributed by atoms with Crippen LogP contribution in [0.5, 0.6) is 0 Å². The fourth-order valence-electron chi connectivity index (χ4n) is 4.96. The van der Waals surface area contributed by atoms with Crippen molar-refractivity contribution < 1.29 is 32.3 Å². The van der Waals surface area contributed by atoms with Gasteiger partial charge in [-0.15, -0.1) is 0 Å². The summed E-state index contributed by atoms with van der Waals surface area (Å²) in [6, 6.07) is 10.5. The molecule has 3 atom stereocenters. The van der Waals surface area contributed by atoms with Crippen molar-refractivity contribution in [2.75, 3.05) is 39.8 Å². The molecule has 1 aromatic heterocycles. The van der Waals surface area contributed by atoms with E-state index in [1.165, 1.54) is 6.20 Å². The normalized spacial score (nSPS) is 14.4. The van der Waals surface area contributed by atoms with Crippen molar-refractivity contribution in [2.24, 2.45) is 17.2 Å². The lowest BCUT2D eigenvalue weighted by Crippen LogP contribution is -2.52. The number of ketones is 1. The Balaban J connectivity index is 1.77. The van der Waals surface area contributed by atoms with E-state index in [-0.39, 0.29) is 12.0 Å². The Hall–Kier alpha value is -3.42. The van der Waals surface area contributed by atoms with Gasteiger partial charge in [-0.2, -0.15) is 13.2 Å². The molecule has 2 aromatic carbocycles. The van der Waals surface area contributed by atoms with Crippen molar-refractivity contribution in [3.8, 4) is 0 Å². The van der Waals surface area contributed by atoms with Gasteiger partial charge in [0.25, 0.3) is 0 Å². The van der Waals surface area contributed by atoms with Crippen molar-refractivity contribution in [1.82, 2.24) is 10.3 Å². The van der Waals surface area contributed by atoms with E-state index >= 15 is 0 Å². The molecule has 0 spiro atoms. The first-order chi connectivity index (χ1) is 19.9. The summed E-state index contributed by atoms with van der Waals surface area (Å²) in [4.78, 5) is 30.9. The third-order valence-corrected chi connectivity index (χ3v) is 7.45. The minimum Gasteiger partial charge on any atom is -0.386 e. The van der Waals surface area contributed by atoms with Gasteiger partial charge in [-0.25, -0.2) is 0 Å². The van der Waals surface area contributed by atoms with Crippen LogP contribution in [-0.4, -0.2) is 78.1 Å². The highest BCUT2D eigenvalue weighted by Crippen LogP contribution is 2.30. The number of likely N-dealkylation sites (N-methyl/N-ethyl adjacent to an activating group) is 1. The molecule has 12 heteroatoms. The number of aromatic nitrogens is 1. The Morgan fingerprint density at radius 2 is 1.67 bits per heavy atom. The van der Waals surface area contributed by atoms with Crippen molar-refractivity contribution in [3.63, 3.8) is 0 Å². The van der Waals surface area contributed by atoms with Gasteiger partial charge in [-0.1, -0.05) is 30.3 Å². The van der Waals surface area contributed by atoms with E-state index in [2.05, 4.69) is 10.3 Å². The second-order valence-electron chi connectivity index (χ2n) is 10.8. The first-order valence-electron chi connectivity index (χ1n) is 13.9. The number of aliphatic hydroxyl groups excluding tert-OH is 1. The van der Waals surface area contributed by atoms with Crippen molar-refractivity contribution in [2.45, 2.75) is 43.6 Å². The number of halogens is 3. The lowest BCUT2D eigenvalue weighted by Gasteiger charge is -2.34. The molecule has 0 aliphatic rings. The van der Waals surface area contributed by atoms with Crippen LogP contribution in [-0.2, 0) is 22.2 Å². The Labute approximate surface area is 243 Å². The van der Waals surface area contributed by atoms with E-state index in [1.807, 2.05) is 31.3 Å². The van der Waals surface area contributed by atoms with Crippen LogP contribution < -0.4 is 22.5 Å². The average Bonchev–Trinajstić information content (AvgIpc) is 2.95. The Morgan fingerprint density at radius 3 is 2.29 bits per heavy atom. The van der Waals surface area contributed by atoms with E-state index in [1.54, 1.807) is 6.07 Å². The van der Waals surface area contributed by atoms with E-state index in [0.717, 1.165) is 48.3 Å². The van der Waals surface area contributed by atoms with Crippen LogP contribution in [0, 0.1) is 0 Å². The van der Waals surface area contributed by atoms with Crippen LogP contribution in [0.4, 0.5) is 13.2 Å². The summed E-state index contributed by atoms with van der Waals surface area (Å²) in [7, 11) is 2.03. The largest absolute Gasteiger partial charge is 0.416 e. The number of nitrogens with two attached hydrogens (primary N) is 3. The quantitative estimate of drug-likeness (QED) is 0.170. The lowest BCUT2D eigenvalue weighted by atomic mass is 9.94. The molecule has 228 valence electrons. The number of nitrogens with one attached hydrogen (secondary N) is 1. The van der Waals surface area contributed by atoms with E-state index in [0.29, 0.717) is 42.5 Å². The summed E-state index contributed by atoms with van der Waals surface area (Å²) in [5.41, 5.74) is 18.1. The van der Waals surface area contributed by atoms with Crippen LogP contribution in [0.25, 0.3) is 10.9 Å². The zero-order valence-electron chi connectivity index (χ0n) is 23.7. The standard InChI is InChI=1S/C30H39F3N6O3/c1-39(15-12-34,16-13-35)14-4-6-24(36)29(42)38-27(28(41)21-8-10-23(11-9-21)30(31,32)33)26(40)18-20-17-22-5-2-3-7-25(22)37-19-20/h2-3,5,7-11,17,19,24,27-28,41H,4,6,12-16,18,34-36H2,1H3/p+1/t24-,27-,28-/m0/s1. The summed E-state index contributed by atoms with van der Waals surface area (Å²) in [6.45, 7) is 3.11. The molecule has 0 saturated heterocycles. The molecule has 0 saturated carbocycles. The maximum absolute atomic E-state index is 13.5. The predicted octanol–water partition coefficient (Wildman–Crippen LogP) is 2.06. The number of carbonyl (C=O) groups is 2. The molecule has 0 fully saturated rings. The van der Waals surface area contributed by atoms with E-state index < -0.39 is 41.6 Å². The first-order valence-corrected chi connectivity index (χ1v) is 13.9. The molecule has 9 nitrogen and oxygen atoms in total. The number of hydrogen-bond acceptors (Lipinski definition) is 7. The molecule has 3 rings (SSSR count). The lowest BCUT2D eigenvalue weighted by molar-refractivity contribution is -0.907. The number of rotatable bonds is 15. The molecule has 0 unspecified atom stereocenters. The number of pyridine rings is 1. The maximum atomic E-state index is 13.5. The van der Waals surface area contributed by atoms with Gasteiger partial charge < -0.3 is 32.1 Å². The van der Waals surface area contributed by atoms with Crippen molar-refractivity contribution in [3.05, 3.63) is 77.5 Å². The predicted molar refractivity (Wildman–Crippen MR) is 155 cm³/mol. The number of alkyl halides is 3. The molecule has 1 amide bonds. The molecule has 3 aromatic rings. The maximum Gasteiger partial charge on any atom is 0.416 e. The molecule has 8 N–H and O–H groups in total. The number of para-hydroxylation sites is 1. The van der Waals surface area contributed by atoms with Gasteiger partial charge in [0, 0.05) is 31.1 Å². The Kier molecular flexibility index (Phi) is 11.5. The summed E-state index contributed by atoms with van der Waals surface area (Å²) in [5, 5.41) is 14.5. The molecular weight excluding hydrogens is 549 g/mol. The molecule has 0 aliphatic heterocycles. The number of benzene rings is 2. The number of hydrogen-bond donors (Lipinski definition) is 5. The summed E-state index contributed by atoms with van der Waals surface area (Å²) in [5.74, 6) is -1.20. The Bertz CT molecular complexity index is 1330. The molecule has 42 heavy (non-hydrogen) atoms. The molecular formula is C30H40F3N6O3+. The number of quaternary nitrogens is 1. The van der Waals surface area contributed by atoms with Crippen LogP contribution in [0.2, 0.25) is 0 Å². The smallest absolute Gasteiger partial charge is 0.386 e. The zero-order valence-corrected chi connectivity index (χ0v) is 23.7. The monoisotopic (exact) mass is 589 g/mol. The third kappa shape index (κ3) is 9.04. The van der Waals surface area contributed by atoms with Crippen molar-refractivity contribution in [1.29, 1.82) is 0 Å². The minimum absolute atomic E-state index is 0.0449. The molecule has 0 radical (unpaired) electrons. The number of amides is 1. The summed E-state index contributed by atoms with van der Waals surface area (Å²) >= 11 is 0. The molecule has 0 bridgehead atoms. The number of carbonyl (C=O) groups excluding carboxylic acids is 2. The number of aliphatic hydroxyl groups is 1. The minimum atomic E-state index is -4.56. The van der Waals surface area contributed by atoms with Gasteiger partial charge in [-0.3, -0.25) is 14.6 Å². The van der Waals surface area contributed by atoms with Gasteiger partial charge >= 0.3 is 6.18 Å². The van der Waals surface area contributed by atoms with Crippen molar-refractivity contribution >= 4 is 22.6 Å². The highest BCUT2D eigenvalue weighted by molar-refractivity contribution is 5.93. The second-order valence-corrected chi connectivity index (χ2v) is 10.8. The third-order valence-electron chi connectivity index (χ3n) is 7.45. The molecule has 0 aliphatic carbocycles. The van der Waals surface area contributed by atoms with Gasteiger partial charge in [0.05, 0.1) is 43.8 Å². The fourth-order valence-corrected chi connectivity index (χ4v) is 4.96.